The fraction of sp³-hybridized carbons (Fsp3) is 0.429. The zero-order valence-electron chi connectivity index (χ0n) is 24.7. The van der Waals surface area contributed by atoms with Crippen molar-refractivity contribution in [3.63, 3.8) is 0 Å². The highest BCUT2D eigenvalue weighted by Gasteiger charge is 2.50. The van der Waals surface area contributed by atoms with Gasteiger partial charge in [0, 0.05) is 6.61 Å². The van der Waals surface area contributed by atoms with Gasteiger partial charge in [-0.15, -0.1) is 0 Å². The van der Waals surface area contributed by atoms with Gasteiger partial charge in [-0.3, -0.25) is 0 Å². The molecule has 4 rings (SSSR count). The second-order valence-corrected chi connectivity index (χ2v) is 10.6. The predicted molar refractivity (Wildman–Crippen MR) is 161 cm³/mol. The van der Waals surface area contributed by atoms with Crippen LogP contribution in [0.2, 0.25) is 0 Å². The number of hydrogen-bond acceptors (Lipinski definition) is 8. The lowest BCUT2D eigenvalue weighted by molar-refractivity contribution is -0.181. The van der Waals surface area contributed by atoms with Crippen molar-refractivity contribution in [2.75, 3.05) is 13.2 Å². The van der Waals surface area contributed by atoms with E-state index in [1.807, 2.05) is 30.3 Å². The van der Waals surface area contributed by atoms with Crippen LogP contribution in [0.1, 0.15) is 71.7 Å². The largest absolute Gasteiger partial charge is 0.458 e. The quantitative estimate of drug-likeness (QED) is 0.148. The molecule has 1 fully saturated rings. The van der Waals surface area contributed by atoms with E-state index in [1.165, 1.54) is 19.3 Å². The monoisotopic (exact) mass is 590 g/mol. The van der Waals surface area contributed by atoms with Crippen LogP contribution < -0.4 is 0 Å². The number of aliphatic hydroxyl groups excluding tert-OH is 1. The summed E-state index contributed by atoms with van der Waals surface area (Å²) in [5.74, 6) is -1.18. The van der Waals surface area contributed by atoms with Crippen LogP contribution in [0.4, 0.5) is 0 Å². The van der Waals surface area contributed by atoms with Crippen LogP contribution in [0.3, 0.4) is 0 Å². The first-order valence-electron chi connectivity index (χ1n) is 15.2. The van der Waals surface area contributed by atoms with Crippen LogP contribution in [0.5, 0.6) is 0 Å². The molecule has 43 heavy (non-hydrogen) atoms. The third-order valence-corrected chi connectivity index (χ3v) is 7.32. The lowest BCUT2D eigenvalue weighted by Gasteiger charge is -2.28. The molecule has 0 unspecified atom stereocenters. The van der Waals surface area contributed by atoms with Crippen LogP contribution in [-0.4, -0.2) is 61.0 Å². The molecular weight excluding hydrogens is 548 g/mol. The number of carbonyl (C=O) groups is 2. The highest BCUT2D eigenvalue weighted by Crippen LogP contribution is 2.30. The van der Waals surface area contributed by atoms with Crippen molar-refractivity contribution in [1.29, 1.82) is 0 Å². The Hall–Kier alpha value is -3.56. The minimum Gasteiger partial charge on any atom is -0.458 e. The molecule has 230 valence electrons. The molecule has 1 aliphatic heterocycles. The molecule has 1 heterocycles. The molecule has 3 aromatic carbocycles. The standard InChI is InChI=1S/C35H42O8/c1-2-3-4-5-6-16-23-39-35-30(36)32(40-24-26-17-10-7-11-18-26)31(43-35)29(42-34(38)28-21-14-9-15-22-28)25-41-33(37)27-19-12-8-13-20-27/h7-15,17-22,29-32,35-36H,2-6,16,23-25H2,1H3/t29-,30-,31+,32-,35+/m1/s1. The highest BCUT2D eigenvalue weighted by atomic mass is 16.7. The van der Waals surface area contributed by atoms with Crippen LogP contribution in [0, 0.1) is 0 Å². The number of esters is 2. The third-order valence-electron chi connectivity index (χ3n) is 7.32. The van der Waals surface area contributed by atoms with Gasteiger partial charge in [0.25, 0.3) is 0 Å². The van der Waals surface area contributed by atoms with Crippen molar-refractivity contribution in [2.45, 2.75) is 82.8 Å². The Morgan fingerprint density at radius 2 is 1.35 bits per heavy atom. The second kappa shape index (κ2) is 17.5. The normalized spacial score (nSPS) is 20.4. The summed E-state index contributed by atoms with van der Waals surface area (Å²) in [6.07, 6.45) is 1.44. The fourth-order valence-electron chi connectivity index (χ4n) is 4.93. The predicted octanol–water partition coefficient (Wildman–Crippen LogP) is 6.12. The minimum atomic E-state index is -1.16. The van der Waals surface area contributed by atoms with Gasteiger partial charge in [-0.2, -0.15) is 0 Å². The number of hydrogen-bond donors (Lipinski definition) is 1. The first kappa shape index (κ1) is 32.4. The molecule has 0 bridgehead atoms. The maximum absolute atomic E-state index is 13.1. The van der Waals surface area contributed by atoms with Gasteiger partial charge in [0.1, 0.15) is 24.9 Å². The van der Waals surface area contributed by atoms with Gasteiger partial charge in [-0.05, 0) is 36.2 Å². The first-order chi connectivity index (χ1) is 21.1. The first-order valence-corrected chi connectivity index (χ1v) is 15.2. The average Bonchev–Trinajstić information content (AvgIpc) is 3.36. The number of aliphatic hydroxyl groups is 1. The van der Waals surface area contributed by atoms with Crippen molar-refractivity contribution in [3.05, 3.63) is 108 Å². The van der Waals surface area contributed by atoms with Gasteiger partial charge in [-0.25, -0.2) is 9.59 Å². The van der Waals surface area contributed by atoms with Crippen LogP contribution in [0.15, 0.2) is 91.0 Å². The fourth-order valence-corrected chi connectivity index (χ4v) is 4.93. The number of benzene rings is 3. The molecule has 0 radical (unpaired) electrons. The molecule has 3 aromatic rings. The van der Waals surface area contributed by atoms with Crippen LogP contribution >= 0.6 is 0 Å². The molecule has 0 aliphatic carbocycles. The molecule has 0 aromatic heterocycles. The summed E-state index contributed by atoms with van der Waals surface area (Å²) in [4.78, 5) is 25.9. The molecule has 1 aliphatic rings. The topological polar surface area (TPSA) is 101 Å². The molecule has 0 saturated carbocycles. The Morgan fingerprint density at radius 3 is 2.00 bits per heavy atom. The SMILES string of the molecule is CCCCCCCCO[C@H]1O[C@@H]([C@@H](COC(=O)c2ccccc2)OC(=O)c2ccccc2)[C@H](OCc2ccccc2)[C@H]1O. The van der Waals surface area contributed by atoms with Gasteiger partial charge < -0.3 is 28.8 Å². The zero-order valence-corrected chi connectivity index (χ0v) is 24.7. The molecular formula is C35H42O8. The van der Waals surface area contributed by atoms with Gasteiger partial charge >= 0.3 is 11.9 Å². The van der Waals surface area contributed by atoms with Crippen molar-refractivity contribution in [2.24, 2.45) is 0 Å². The molecule has 8 heteroatoms. The summed E-state index contributed by atoms with van der Waals surface area (Å²) in [5.41, 5.74) is 1.59. The molecule has 0 spiro atoms. The Bertz CT molecular complexity index is 1220. The van der Waals surface area contributed by atoms with E-state index in [2.05, 4.69) is 6.92 Å². The second-order valence-electron chi connectivity index (χ2n) is 10.6. The Morgan fingerprint density at radius 1 is 0.767 bits per heavy atom. The van der Waals surface area contributed by atoms with E-state index in [1.54, 1.807) is 60.7 Å². The summed E-state index contributed by atoms with van der Waals surface area (Å²) in [5, 5.41) is 11.3. The van der Waals surface area contributed by atoms with E-state index in [0.29, 0.717) is 17.7 Å². The van der Waals surface area contributed by atoms with Crippen molar-refractivity contribution < 1.29 is 38.4 Å². The average molecular weight is 591 g/mol. The van der Waals surface area contributed by atoms with E-state index < -0.39 is 42.6 Å². The molecule has 1 N–H and O–H groups in total. The smallest absolute Gasteiger partial charge is 0.338 e. The van der Waals surface area contributed by atoms with Crippen LogP contribution in [0.25, 0.3) is 0 Å². The zero-order chi connectivity index (χ0) is 30.3. The maximum Gasteiger partial charge on any atom is 0.338 e. The van der Waals surface area contributed by atoms with E-state index in [9.17, 15) is 14.7 Å². The van der Waals surface area contributed by atoms with Gasteiger partial charge in [0.15, 0.2) is 12.4 Å². The maximum atomic E-state index is 13.1. The summed E-state index contributed by atoms with van der Waals surface area (Å²) in [7, 11) is 0. The number of ether oxygens (including phenoxy) is 5. The van der Waals surface area contributed by atoms with E-state index in [0.717, 1.165) is 24.8 Å². The van der Waals surface area contributed by atoms with Gasteiger partial charge in [0.05, 0.1) is 17.7 Å². The molecule has 1 saturated heterocycles. The molecule has 5 atom stereocenters. The van der Waals surface area contributed by atoms with Crippen molar-refractivity contribution in [1.82, 2.24) is 0 Å². The Labute approximate surface area is 253 Å². The van der Waals surface area contributed by atoms with Crippen molar-refractivity contribution >= 4 is 11.9 Å². The Balaban J connectivity index is 1.49. The van der Waals surface area contributed by atoms with E-state index in [4.69, 9.17) is 23.7 Å². The van der Waals surface area contributed by atoms with E-state index in [-0.39, 0.29) is 13.2 Å². The lowest BCUT2D eigenvalue weighted by Crippen LogP contribution is -2.45. The number of unbranched alkanes of at least 4 members (excludes halogenated alkanes) is 5. The summed E-state index contributed by atoms with van der Waals surface area (Å²) in [6.45, 7) is 2.47. The summed E-state index contributed by atoms with van der Waals surface area (Å²) in [6, 6.07) is 26.6. The number of carbonyl (C=O) groups excluding carboxylic acids is 2. The van der Waals surface area contributed by atoms with Crippen molar-refractivity contribution in [3.8, 4) is 0 Å². The van der Waals surface area contributed by atoms with Gasteiger partial charge in [0.2, 0.25) is 0 Å². The third kappa shape index (κ3) is 10.0. The molecule has 8 nitrogen and oxygen atoms in total. The summed E-state index contributed by atoms with van der Waals surface area (Å²) >= 11 is 0. The number of rotatable bonds is 17. The van der Waals surface area contributed by atoms with Gasteiger partial charge in [-0.1, -0.05) is 106 Å². The lowest BCUT2D eigenvalue weighted by atomic mass is 10.1. The minimum absolute atomic E-state index is 0.190. The molecule has 0 amide bonds. The van der Waals surface area contributed by atoms with Crippen LogP contribution in [-0.2, 0) is 30.3 Å². The summed E-state index contributed by atoms with van der Waals surface area (Å²) < 4.78 is 29.8. The highest BCUT2D eigenvalue weighted by molar-refractivity contribution is 5.90. The Kier molecular flexibility index (Phi) is 13.2. The van der Waals surface area contributed by atoms with E-state index >= 15 is 0 Å².